The van der Waals surface area contributed by atoms with Gasteiger partial charge < -0.3 is 9.64 Å². The van der Waals surface area contributed by atoms with E-state index in [1.54, 1.807) is 7.11 Å². The second kappa shape index (κ2) is 14.1. The summed E-state index contributed by atoms with van der Waals surface area (Å²) in [6, 6.07) is 52.7. The minimum atomic E-state index is -0.458. The fourth-order valence-corrected chi connectivity index (χ4v) is 9.49. The average Bonchev–Trinajstić information content (AvgIpc) is 3.02. The van der Waals surface area contributed by atoms with Gasteiger partial charge in [0.1, 0.15) is 5.75 Å². The van der Waals surface area contributed by atoms with E-state index in [4.69, 9.17) is 4.74 Å². The van der Waals surface area contributed by atoms with Crippen LogP contribution in [0.25, 0.3) is 0 Å². The molecule has 2 nitrogen and oxygen atoms in total. The maximum atomic E-state index is 5.46. The second-order valence-corrected chi connectivity index (χ2v) is 14.0. The molecule has 0 heterocycles. The average molecular weight is 548 g/mol. The van der Waals surface area contributed by atoms with E-state index in [1.165, 1.54) is 26.9 Å². The first-order chi connectivity index (χ1) is 19.3. The highest BCUT2D eigenvalue weighted by molar-refractivity contribution is 7.73. The number of rotatable bonds is 12. The van der Waals surface area contributed by atoms with Crippen LogP contribution in [-0.2, 0) is 0 Å². The summed E-state index contributed by atoms with van der Waals surface area (Å²) >= 11 is 0. The third kappa shape index (κ3) is 7.36. The SMILES string of the molecule is COc1ccc(N(CCP(c2ccccc2)c2ccccc2)CCP(c2ccccc2)c2ccccc2)cc1. The van der Waals surface area contributed by atoms with Crippen molar-refractivity contribution in [3.05, 3.63) is 146 Å². The highest BCUT2D eigenvalue weighted by Crippen LogP contribution is 2.36. The maximum absolute atomic E-state index is 5.46. The summed E-state index contributed by atoms with van der Waals surface area (Å²) in [7, 11) is 0.813. The first kappa shape index (κ1) is 27.1. The van der Waals surface area contributed by atoms with Crippen LogP contribution < -0.4 is 30.9 Å². The maximum Gasteiger partial charge on any atom is 0.119 e. The number of nitrogens with zero attached hydrogens (tertiary/aromatic N) is 1. The summed E-state index contributed by atoms with van der Waals surface area (Å²) < 4.78 is 5.46. The molecule has 5 aromatic carbocycles. The molecule has 0 radical (unpaired) electrons. The Morgan fingerprint density at radius 1 is 0.462 bits per heavy atom. The lowest BCUT2D eigenvalue weighted by Gasteiger charge is -2.30. The van der Waals surface area contributed by atoms with Crippen molar-refractivity contribution >= 4 is 42.7 Å². The van der Waals surface area contributed by atoms with Crippen LogP contribution in [0.2, 0.25) is 0 Å². The van der Waals surface area contributed by atoms with E-state index in [9.17, 15) is 0 Å². The summed E-state index contributed by atoms with van der Waals surface area (Å²) in [5.41, 5.74) is 1.25. The zero-order chi connectivity index (χ0) is 26.7. The van der Waals surface area contributed by atoms with Gasteiger partial charge in [0.2, 0.25) is 0 Å². The highest BCUT2D eigenvalue weighted by Gasteiger charge is 2.19. The standard InChI is InChI=1S/C35H35NOP2/c1-37-31-24-22-30(23-25-31)36(26-28-38(32-14-6-2-7-15-32)33-16-8-3-9-17-33)27-29-39(34-18-10-4-11-19-34)35-20-12-5-13-21-35/h2-25H,26-29H2,1H3. The van der Waals surface area contributed by atoms with Crippen LogP contribution in [0.4, 0.5) is 5.69 Å². The predicted molar refractivity (Wildman–Crippen MR) is 173 cm³/mol. The molecule has 196 valence electrons. The monoisotopic (exact) mass is 547 g/mol. The van der Waals surface area contributed by atoms with Crippen LogP contribution in [0.1, 0.15) is 0 Å². The van der Waals surface area contributed by atoms with Crippen molar-refractivity contribution in [2.24, 2.45) is 0 Å². The first-order valence-corrected chi connectivity index (χ1v) is 16.5. The molecule has 0 spiro atoms. The van der Waals surface area contributed by atoms with Gasteiger partial charge in [0.25, 0.3) is 0 Å². The van der Waals surface area contributed by atoms with Gasteiger partial charge >= 0.3 is 0 Å². The molecule has 0 unspecified atom stereocenters. The molecule has 39 heavy (non-hydrogen) atoms. The molecule has 0 saturated carbocycles. The normalized spacial score (nSPS) is 11.1. The molecule has 0 fully saturated rings. The zero-order valence-corrected chi connectivity index (χ0v) is 24.2. The van der Waals surface area contributed by atoms with Gasteiger partial charge in [-0.1, -0.05) is 121 Å². The number of benzene rings is 5. The summed E-state index contributed by atoms with van der Waals surface area (Å²) in [6.45, 7) is 1.99. The molecule has 0 aliphatic carbocycles. The smallest absolute Gasteiger partial charge is 0.119 e. The summed E-state index contributed by atoms with van der Waals surface area (Å²) in [5.74, 6) is 0.894. The number of ether oxygens (including phenoxy) is 1. The van der Waals surface area contributed by atoms with Gasteiger partial charge in [-0.15, -0.1) is 0 Å². The molecule has 0 bridgehead atoms. The Balaban J connectivity index is 1.41. The Morgan fingerprint density at radius 3 is 1.10 bits per heavy atom. The number of anilines is 1. The van der Waals surface area contributed by atoms with Crippen molar-refractivity contribution in [1.29, 1.82) is 0 Å². The molecule has 0 amide bonds. The lowest BCUT2D eigenvalue weighted by Crippen LogP contribution is -2.32. The van der Waals surface area contributed by atoms with Crippen LogP contribution in [0.5, 0.6) is 5.75 Å². The molecule has 0 aliphatic heterocycles. The molecule has 0 atom stereocenters. The second-order valence-electron chi connectivity index (χ2n) is 9.33. The predicted octanol–water partition coefficient (Wildman–Crippen LogP) is 6.77. The number of hydrogen-bond donors (Lipinski definition) is 0. The Labute approximate surface area is 235 Å². The van der Waals surface area contributed by atoms with E-state index < -0.39 is 15.8 Å². The van der Waals surface area contributed by atoms with E-state index in [0.29, 0.717) is 0 Å². The van der Waals surface area contributed by atoms with Gasteiger partial charge in [-0.3, -0.25) is 0 Å². The summed E-state index contributed by atoms with van der Waals surface area (Å²) in [6.07, 6.45) is 2.20. The third-order valence-corrected chi connectivity index (χ3v) is 11.9. The summed E-state index contributed by atoms with van der Waals surface area (Å²) in [5, 5.41) is 5.74. The van der Waals surface area contributed by atoms with E-state index in [0.717, 1.165) is 31.2 Å². The van der Waals surface area contributed by atoms with Crippen molar-refractivity contribution in [3.63, 3.8) is 0 Å². The quantitative estimate of drug-likeness (QED) is 0.160. The van der Waals surface area contributed by atoms with Crippen LogP contribution >= 0.6 is 15.8 Å². The van der Waals surface area contributed by atoms with Crippen molar-refractivity contribution in [2.45, 2.75) is 0 Å². The van der Waals surface area contributed by atoms with Crippen LogP contribution in [-0.4, -0.2) is 32.5 Å². The Bertz CT molecular complexity index is 1220. The lowest BCUT2D eigenvalue weighted by atomic mass is 10.2. The molecule has 0 saturated heterocycles. The van der Waals surface area contributed by atoms with Crippen molar-refractivity contribution in [3.8, 4) is 5.75 Å². The van der Waals surface area contributed by atoms with E-state index in [-0.39, 0.29) is 0 Å². The van der Waals surface area contributed by atoms with E-state index in [2.05, 4.69) is 150 Å². The molecule has 4 heteroatoms. The van der Waals surface area contributed by atoms with E-state index >= 15 is 0 Å². The van der Waals surface area contributed by atoms with Gasteiger partial charge in [-0.2, -0.15) is 0 Å². The minimum Gasteiger partial charge on any atom is -0.497 e. The molecule has 5 aromatic rings. The largest absolute Gasteiger partial charge is 0.497 e. The van der Waals surface area contributed by atoms with Gasteiger partial charge in [0.15, 0.2) is 0 Å². The number of methoxy groups -OCH3 is 1. The molecule has 0 aliphatic rings. The van der Waals surface area contributed by atoms with Crippen LogP contribution in [0.15, 0.2) is 146 Å². The Hall–Kier alpha value is -3.44. The third-order valence-electron chi connectivity index (χ3n) is 6.90. The minimum absolute atomic E-state index is 0.458. The first-order valence-electron chi connectivity index (χ1n) is 13.5. The van der Waals surface area contributed by atoms with Crippen molar-refractivity contribution in [1.82, 2.24) is 0 Å². The zero-order valence-electron chi connectivity index (χ0n) is 22.4. The van der Waals surface area contributed by atoms with Crippen molar-refractivity contribution in [2.75, 3.05) is 37.4 Å². The van der Waals surface area contributed by atoms with Crippen LogP contribution in [0, 0.1) is 0 Å². The fraction of sp³-hybridized carbons (Fsp3) is 0.143. The molecule has 0 aromatic heterocycles. The Morgan fingerprint density at radius 2 is 0.795 bits per heavy atom. The van der Waals surface area contributed by atoms with Gasteiger partial charge in [-0.25, -0.2) is 0 Å². The van der Waals surface area contributed by atoms with Crippen molar-refractivity contribution < 1.29 is 4.74 Å². The van der Waals surface area contributed by atoms with Crippen LogP contribution in [0.3, 0.4) is 0 Å². The van der Waals surface area contributed by atoms with Gasteiger partial charge in [-0.05, 0) is 73.7 Å². The molecular formula is C35H35NOP2. The summed E-state index contributed by atoms with van der Waals surface area (Å²) in [4.78, 5) is 2.59. The van der Waals surface area contributed by atoms with Gasteiger partial charge in [0, 0.05) is 18.8 Å². The number of hydrogen-bond acceptors (Lipinski definition) is 2. The van der Waals surface area contributed by atoms with E-state index in [1.807, 2.05) is 0 Å². The molecule has 5 rings (SSSR count). The highest BCUT2D eigenvalue weighted by atomic mass is 31.1. The Kier molecular flexibility index (Phi) is 9.80. The lowest BCUT2D eigenvalue weighted by molar-refractivity contribution is 0.415. The molecule has 0 N–H and O–H groups in total. The fourth-order valence-electron chi connectivity index (χ4n) is 4.85. The molecular weight excluding hydrogens is 512 g/mol. The topological polar surface area (TPSA) is 12.5 Å². The van der Waals surface area contributed by atoms with Gasteiger partial charge in [0.05, 0.1) is 7.11 Å².